The van der Waals surface area contributed by atoms with Crippen molar-refractivity contribution in [3.63, 3.8) is 0 Å². The fourth-order valence-corrected chi connectivity index (χ4v) is 5.11. The molecular formula is C15H15N3O4S2. The molecule has 1 aromatic carbocycles. The number of aromatic nitrogens is 1. The van der Waals surface area contributed by atoms with Crippen LogP contribution in [0.5, 0.6) is 0 Å². The number of carbonyl (C=O) groups excluding carboxylic acids is 2. The molecule has 1 fully saturated rings. The maximum atomic E-state index is 12.4. The molecule has 0 radical (unpaired) electrons. The molecule has 9 heteroatoms. The van der Waals surface area contributed by atoms with E-state index in [1.54, 1.807) is 37.6 Å². The van der Waals surface area contributed by atoms with Gasteiger partial charge in [-0.2, -0.15) is 0 Å². The second-order valence-corrected chi connectivity index (χ2v) is 8.76. The number of hydrogen-bond acceptors (Lipinski definition) is 6. The third kappa shape index (κ3) is 2.92. The molecule has 0 spiro atoms. The van der Waals surface area contributed by atoms with Gasteiger partial charge in [0.2, 0.25) is 15.9 Å². The fraction of sp³-hybridized carbons (Fsp3) is 0.267. The van der Waals surface area contributed by atoms with Crippen LogP contribution in [0, 0.1) is 5.41 Å². The summed E-state index contributed by atoms with van der Waals surface area (Å²) >= 11 is 1.27. The summed E-state index contributed by atoms with van der Waals surface area (Å²) in [4.78, 5) is 28.6. The molecule has 0 aliphatic carbocycles. The Morgan fingerprint density at radius 1 is 1.38 bits per heavy atom. The van der Waals surface area contributed by atoms with E-state index in [9.17, 15) is 18.0 Å². The van der Waals surface area contributed by atoms with Crippen molar-refractivity contribution in [3.05, 3.63) is 41.4 Å². The monoisotopic (exact) mass is 365 g/mol. The highest BCUT2D eigenvalue weighted by atomic mass is 32.2. The van der Waals surface area contributed by atoms with Crippen LogP contribution in [0.25, 0.3) is 0 Å². The van der Waals surface area contributed by atoms with Crippen molar-refractivity contribution < 1.29 is 18.0 Å². The predicted octanol–water partition coefficient (Wildman–Crippen LogP) is 2.10. The van der Waals surface area contributed by atoms with E-state index in [2.05, 4.69) is 10.3 Å². The number of thiazole rings is 1. The van der Waals surface area contributed by atoms with Crippen molar-refractivity contribution in [1.29, 1.82) is 0 Å². The Morgan fingerprint density at radius 3 is 2.71 bits per heavy atom. The molecule has 24 heavy (non-hydrogen) atoms. The normalized spacial score (nSPS) is 18.6. The van der Waals surface area contributed by atoms with Crippen LogP contribution in [0.1, 0.15) is 24.2 Å². The predicted molar refractivity (Wildman–Crippen MR) is 91.6 cm³/mol. The van der Waals surface area contributed by atoms with E-state index in [1.165, 1.54) is 23.5 Å². The van der Waals surface area contributed by atoms with Crippen LogP contribution in [0.15, 0.2) is 35.8 Å². The van der Waals surface area contributed by atoms with Crippen LogP contribution >= 0.6 is 11.3 Å². The summed E-state index contributed by atoms with van der Waals surface area (Å²) in [5.41, 5.74) is -0.578. The van der Waals surface area contributed by atoms with Gasteiger partial charge in [0.15, 0.2) is 5.13 Å². The molecule has 2 aromatic rings. The first-order valence-electron chi connectivity index (χ1n) is 7.09. The Kier molecular flexibility index (Phi) is 3.92. The zero-order valence-electron chi connectivity index (χ0n) is 13.0. The Balaban J connectivity index is 1.93. The third-order valence-corrected chi connectivity index (χ3v) is 6.29. The second kappa shape index (κ2) is 5.67. The van der Waals surface area contributed by atoms with Gasteiger partial charge in [0.25, 0.3) is 5.91 Å². The average Bonchev–Trinajstić information content (AvgIpc) is 3.04. The number of rotatable bonds is 3. The van der Waals surface area contributed by atoms with E-state index in [0.717, 1.165) is 4.31 Å². The summed E-state index contributed by atoms with van der Waals surface area (Å²) in [6.07, 6.45) is 1.56. The standard InChI is InChI=1S/C15H15N3O4S2/c1-15(2)9-24(21,22)18(13(15)20)11-5-3-4-10(8-11)12(19)17-14-16-6-7-23-14/h3-8H,9H2,1-2H3,(H,16,17,19). The van der Waals surface area contributed by atoms with Crippen LogP contribution in [0.3, 0.4) is 0 Å². The van der Waals surface area contributed by atoms with Crippen LogP contribution < -0.4 is 9.62 Å². The van der Waals surface area contributed by atoms with Gasteiger partial charge in [-0.3, -0.25) is 14.9 Å². The molecule has 3 rings (SSSR count). The van der Waals surface area contributed by atoms with Crippen molar-refractivity contribution in [2.45, 2.75) is 13.8 Å². The van der Waals surface area contributed by atoms with E-state index in [0.29, 0.717) is 5.13 Å². The van der Waals surface area contributed by atoms with E-state index >= 15 is 0 Å². The molecule has 0 atom stereocenters. The minimum atomic E-state index is -3.75. The van der Waals surface area contributed by atoms with E-state index in [1.807, 2.05) is 0 Å². The Morgan fingerprint density at radius 2 is 2.12 bits per heavy atom. The number of nitrogens with one attached hydrogen (secondary N) is 1. The minimum absolute atomic E-state index is 0.164. The van der Waals surface area contributed by atoms with Gasteiger partial charge >= 0.3 is 0 Å². The van der Waals surface area contributed by atoms with Gasteiger partial charge in [-0.15, -0.1) is 11.3 Å². The Bertz CT molecular complexity index is 905. The number of amides is 2. The largest absolute Gasteiger partial charge is 0.298 e. The zero-order valence-corrected chi connectivity index (χ0v) is 14.6. The number of benzene rings is 1. The lowest BCUT2D eigenvalue weighted by Gasteiger charge is -2.18. The van der Waals surface area contributed by atoms with Crippen molar-refractivity contribution in [1.82, 2.24) is 4.98 Å². The lowest BCUT2D eigenvalue weighted by Crippen LogP contribution is -2.33. The van der Waals surface area contributed by atoms with Gasteiger partial charge in [0.1, 0.15) is 0 Å². The molecule has 1 aliphatic heterocycles. The molecule has 126 valence electrons. The van der Waals surface area contributed by atoms with Gasteiger partial charge in [-0.1, -0.05) is 6.07 Å². The molecule has 1 saturated heterocycles. The Labute approximate surface area is 143 Å². The smallest absolute Gasteiger partial charge is 0.257 e. The lowest BCUT2D eigenvalue weighted by atomic mass is 9.95. The first-order chi connectivity index (χ1) is 11.2. The summed E-state index contributed by atoms with van der Waals surface area (Å²) in [7, 11) is -3.75. The van der Waals surface area contributed by atoms with Crippen LogP contribution in [-0.4, -0.2) is 31.0 Å². The molecule has 2 amide bonds. The Hall–Kier alpha value is -2.26. The topological polar surface area (TPSA) is 96.4 Å². The van der Waals surface area contributed by atoms with Crippen molar-refractivity contribution in [2.75, 3.05) is 15.4 Å². The number of nitrogens with zero attached hydrogens (tertiary/aromatic N) is 2. The molecule has 1 aliphatic rings. The van der Waals surface area contributed by atoms with Gasteiger partial charge < -0.3 is 0 Å². The molecule has 7 nitrogen and oxygen atoms in total. The molecule has 0 unspecified atom stereocenters. The molecule has 1 aromatic heterocycles. The van der Waals surface area contributed by atoms with E-state index < -0.39 is 27.3 Å². The maximum Gasteiger partial charge on any atom is 0.257 e. The highest BCUT2D eigenvalue weighted by Gasteiger charge is 2.49. The molecule has 2 heterocycles. The summed E-state index contributed by atoms with van der Waals surface area (Å²) in [5.74, 6) is -1.18. The van der Waals surface area contributed by atoms with Gasteiger partial charge in [0.05, 0.1) is 16.9 Å². The van der Waals surface area contributed by atoms with Gasteiger partial charge in [-0.25, -0.2) is 17.7 Å². The SMILES string of the molecule is CC1(C)CS(=O)(=O)N(c2cccc(C(=O)Nc3nccs3)c2)C1=O. The highest BCUT2D eigenvalue weighted by Crippen LogP contribution is 2.35. The number of hydrogen-bond donors (Lipinski definition) is 1. The molecule has 0 bridgehead atoms. The lowest BCUT2D eigenvalue weighted by molar-refractivity contribution is -0.123. The summed E-state index contributed by atoms with van der Waals surface area (Å²) in [6.45, 7) is 3.18. The second-order valence-electron chi connectivity index (χ2n) is 6.05. The quantitative estimate of drug-likeness (QED) is 0.898. The number of carbonyl (C=O) groups is 2. The third-order valence-electron chi connectivity index (χ3n) is 3.58. The van der Waals surface area contributed by atoms with E-state index in [-0.39, 0.29) is 17.0 Å². The van der Waals surface area contributed by atoms with Crippen molar-refractivity contribution in [3.8, 4) is 0 Å². The summed E-state index contributed by atoms with van der Waals surface area (Å²) < 4.78 is 25.4. The van der Waals surface area contributed by atoms with Gasteiger partial charge in [0, 0.05) is 17.1 Å². The van der Waals surface area contributed by atoms with Crippen molar-refractivity contribution >= 4 is 44.0 Å². The van der Waals surface area contributed by atoms with Crippen LogP contribution in [-0.2, 0) is 14.8 Å². The summed E-state index contributed by atoms with van der Waals surface area (Å²) in [6, 6.07) is 5.97. The minimum Gasteiger partial charge on any atom is -0.298 e. The van der Waals surface area contributed by atoms with Gasteiger partial charge in [-0.05, 0) is 32.0 Å². The van der Waals surface area contributed by atoms with Crippen molar-refractivity contribution in [2.24, 2.45) is 5.41 Å². The fourth-order valence-electron chi connectivity index (χ4n) is 2.49. The average molecular weight is 365 g/mol. The summed E-state index contributed by atoms with van der Waals surface area (Å²) in [5, 5.41) is 4.79. The van der Waals surface area contributed by atoms with Crippen LogP contribution in [0.4, 0.5) is 10.8 Å². The molecular weight excluding hydrogens is 350 g/mol. The molecule has 0 saturated carbocycles. The first-order valence-corrected chi connectivity index (χ1v) is 9.58. The zero-order chi connectivity index (χ0) is 17.5. The van der Waals surface area contributed by atoms with E-state index in [4.69, 9.17) is 0 Å². The number of sulfonamides is 1. The first kappa shape index (κ1) is 16.6. The van der Waals surface area contributed by atoms with Crippen LogP contribution in [0.2, 0.25) is 0 Å². The maximum absolute atomic E-state index is 12.4. The molecule has 1 N–H and O–H groups in total. The number of anilines is 2. The highest BCUT2D eigenvalue weighted by molar-refractivity contribution is 7.94.